The highest BCUT2D eigenvalue weighted by atomic mass is 16.5. The lowest BCUT2D eigenvalue weighted by Gasteiger charge is -2.31. The van der Waals surface area contributed by atoms with Crippen molar-refractivity contribution in [3.8, 4) is 0 Å². The maximum atomic E-state index is 12.3. The number of Topliss-reactive ketones (excluding diaryl/α,β-unsaturated/α-hetero) is 1. The minimum absolute atomic E-state index is 0.0913. The van der Waals surface area contributed by atoms with Crippen molar-refractivity contribution in [2.24, 2.45) is 5.92 Å². The summed E-state index contributed by atoms with van der Waals surface area (Å²) in [5, 5.41) is 0. The summed E-state index contributed by atoms with van der Waals surface area (Å²) in [5.41, 5.74) is 0.857. The van der Waals surface area contributed by atoms with E-state index < -0.39 is 0 Å². The van der Waals surface area contributed by atoms with E-state index in [1.54, 1.807) is 11.0 Å². The number of piperidine rings is 1. The third-order valence-corrected chi connectivity index (χ3v) is 3.56. The van der Waals surface area contributed by atoms with Crippen LogP contribution in [-0.2, 0) is 9.53 Å². The first-order valence-corrected chi connectivity index (χ1v) is 6.59. The molecule has 0 radical (unpaired) electrons. The van der Waals surface area contributed by atoms with Crippen LogP contribution in [0.4, 0.5) is 0 Å². The molecule has 1 saturated heterocycles. The van der Waals surface area contributed by atoms with Gasteiger partial charge in [0.25, 0.3) is 5.91 Å². The van der Waals surface area contributed by atoms with Crippen LogP contribution in [0.1, 0.15) is 40.6 Å². The van der Waals surface area contributed by atoms with Gasteiger partial charge in [-0.3, -0.25) is 14.4 Å². The van der Waals surface area contributed by atoms with E-state index in [0.717, 1.165) is 12.8 Å². The van der Waals surface area contributed by atoms with Crippen molar-refractivity contribution >= 4 is 17.7 Å². The fraction of sp³-hybridized carbons (Fsp3) is 0.500. The number of carbonyl (C=O) groups excluding carboxylic acids is 3. The van der Waals surface area contributed by atoms with E-state index in [0.29, 0.717) is 24.3 Å². The van der Waals surface area contributed by atoms with Gasteiger partial charge in [0.2, 0.25) is 0 Å². The van der Waals surface area contributed by atoms with E-state index in [9.17, 15) is 14.4 Å². The van der Waals surface area contributed by atoms with Crippen molar-refractivity contribution < 1.29 is 19.1 Å². The Balaban J connectivity index is 2.08. The van der Waals surface area contributed by atoms with Crippen LogP contribution < -0.4 is 0 Å². The maximum Gasteiger partial charge on any atom is 0.310 e. The standard InChI is InChI=1S/C14H18N2O4/c1-9(17)11-6-12(15-7-11)13(18)16-5-3-4-10(8-16)14(19)20-2/h6-7,10,15H,3-5,8H2,1-2H3/t10-/m0/s1. The minimum atomic E-state index is -0.279. The molecule has 0 aromatic carbocycles. The lowest BCUT2D eigenvalue weighted by molar-refractivity contribution is -0.146. The second kappa shape index (κ2) is 5.90. The molecule has 1 fully saturated rings. The zero-order valence-corrected chi connectivity index (χ0v) is 11.6. The maximum absolute atomic E-state index is 12.3. The molecule has 6 nitrogen and oxygen atoms in total. The van der Waals surface area contributed by atoms with Gasteiger partial charge in [-0.05, 0) is 25.8 Å². The topological polar surface area (TPSA) is 79.5 Å². The molecule has 6 heteroatoms. The predicted octanol–water partition coefficient (Wildman–Crippen LogP) is 1.24. The second-order valence-electron chi connectivity index (χ2n) is 4.97. The number of hydrogen-bond donors (Lipinski definition) is 1. The summed E-state index contributed by atoms with van der Waals surface area (Å²) < 4.78 is 4.73. The van der Waals surface area contributed by atoms with Gasteiger partial charge in [-0.15, -0.1) is 0 Å². The van der Waals surface area contributed by atoms with Crippen LogP contribution in [0.2, 0.25) is 0 Å². The number of aromatic nitrogens is 1. The molecular formula is C14H18N2O4. The van der Waals surface area contributed by atoms with Gasteiger partial charge in [0.1, 0.15) is 5.69 Å². The molecule has 1 aromatic heterocycles. The van der Waals surface area contributed by atoms with Gasteiger partial charge in [0, 0.05) is 24.8 Å². The lowest BCUT2D eigenvalue weighted by Crippen LogP contribution is -2.42. The summed E-state index contributed by atoms with van der Waals surface area (Å²) in [4.78, 5) is 39.5. The number of nitrogens with one attached hydrogen (secondary N) is 1. The molecule has 2 heterocycles. The van der Waals surface area contributed by atoms with Crippen molar-refractivity contribution in [1.29, 1.82) is 0 Å². The number of ketones is 1. The Bertz CT molecular complexity index is 535. The molecule has 1 N–H and O–H groups in total. The summed E-state index contributed by atoms with van der Waals surface area (Å²) >= 11 is 0. The van der Waals surface area contributed by atoms with Gasteiger partial charge in [-0.2, -0.15) is 0 Å². The summed E-state index contributed by atoms with van der Waals surface area (Å²) in [6, 6.07) is 1.55. The number of methoxy groups -OCH3 is 1. The number of carbonyl (C=O) groups is 3. The van der Waals surface area contributed by atoms with Crippen molar-refractivity contribution in [2.45, 2.75) is 19.8 Å². The molecule has 2 rings (SSSR count). The van der Waals surface area contributed by atoms with E-state index in [4.69, 9.17) is 4.74 Å². The smallest absolute Gasteiger partial charge is 0.310 e. The molecule has 20 heavy (non-hydrogen) atoms. The van der Waals surface area contributed by atoms with Crippen LogP contribution in [-0.4, -0.2) is 47.7 Å². The highest BCUT2D eigenvalue weighted by molar-refractivity contribution is 5.99. The molecule has 0 unspecified atom stereocenters. The molecule has 0 spiro atoms. The predicted molar refractivity (Wildman–Crippen MR) is 71.4 cm³/mol. The minimum Gasteiger partial charge on any atom is -0.469 e. The van der Waals surface area contributed by atoms with Gasteiger partial charge in [0.05, 0.1) is 13.0 Å². The highest BCUT2D eigenvalue weighted by Crippen LogP contribution is 2.19. The number of amides is 1. The van der Waals surface area contributed by atoms with Crippen LogP contribution >= 0.6 is 0 Å². The normalized spacial score (nSPS) is 18.7. The van der Waals surface area contributed by atoms with Crippen LogP contribution in [0, 0.1) is 5.92 Å². The van der Waals surface area contributed by atoms with E-state index in [1.807, 2.05) is 0 Å². The number of likely N-dealkylation sites (tertiary alicyclic amines) is 1. The Morgan fingerprint density at radius 2 is 2.15 bits per heavy atom. The number of rotatable bonds is 3. The van der Waals surface area contributed by atoms with Crippen LogP contribution in [0.3, 0.4) is 0 Å². The van der Waals surface area contributed by atoms with Gasteiger partial charge in [0.15, 0.2) is 5.78 Å². The third-order valence-electron chi connectivity index (χ3n) is 3.56. The average Bonchev–Trinajstić information content (AvgIpc) is 2.95. The molecule has 0 aliphatic carbocycles. The molecule has 108 valence electrons. The fourth-order valence-corrected chi connectivity index (χ4v) is 2.41. The molecule has 1 atom stereocenters. The SMILES string of the molecule is COC(=O)[C@H]1CCCN(C(=O)c2cc(C(C)=O)c[nH]2)C1. The van der Waals surface area contributed by atoms with Crippen molar-refractivity contribution in [3.63, 3.8) is 0 Å². The number of aromatic amines is 1. The number of H-pyrrole nitrogens is 1. The molecule has 0 bridgehead atoms. The average molecular weight is 278 g/mol. The Morgan fingerprint density at radius 3 is 2.75 bits per heavy atom. The zero-order valence-electron chi connectivity index (χ0n) is 11.6. The Kier molecular flexibility index (Phi) is 4.22. The van der Waals surface area contributed by atoms with E-state index in [2.05, 4.69) is 4.98 Å². The summed E-state index contributed by atoms with van der Waals surface area (Å²) in [5.74, 6) is -0.823. The van der Waals surface area contributed by atoms with E-state index >= 15 is 0 Å². The number of nitrogens with zero attached hydrogens (tertiary/aromatic N) is 1. The number of ether oxygens (including phenoxy) is 1. The Labute approximate surface area is 117 Å². The molecule has 1 aromatic rings. The van der Waals surface area contributed by atoms with Crippen molar-refractivity contribution in [1.82, 2.24) is 9.88 Å². The Hall–Kier alpha value is -2.11. The van der Waals surface area contributed by atoms with Gasteiger partial charge in [-0.25, -0.2) is 0 Å². The summed E-state index contributed by atoms with van der Waals surface area (Å²) in [6.07, 6.45) is 3.03. The number of esters is 1. The zero-order chi connectivity index (χ0) is 14.7. The molecule has 0 saturated carbocycles. The lowest BCUT2D eigenvalue weighted by atomic mass is 9.98. The first kappa shape index (κ1) is 14.3. The first-order chi connectivity index (χ1) is 9.52. The molecule has 1 aliphatic heterocycles. The summed E-state index contributed by atoms with van der Waals surface area (Å²) in [7, 11) is 1.35. The van der Waals surface area contributed by atoms with Crippen LogP contribution in [0.5, 0.6) is 0 Å². The van der Waals surface area contributed by atoms with Gasteiger partial charge in [-0.1, -0.05) is 0 Å². The van der Waals surface area contributed by atoms with Crippen LogP contribution in [0.25, 0.3) is 0 Å². The largest absolute Gasteiger partial charge is 0.469 e. The fourth-order valence-electron chi connectivity index (χ4n) is 2.41. The van der Waals surface area contributed by atoms with Gasteiger partial charge < -0.3 is 14.6 Å². The van der Waals surface area contributed by atoms with E-state index in [-0.39, 0.29) is 23.6 Å². The van der Waals surface area contributed by atoms with Gasteiger partial charge >= 0.3 is 5.97 Å². The van der Waals surface area contributed by atoms with Crippen LogP contribution in [0.15, 0.2) is 12.3 Å². The third kappa shape index (κ3) is 2.89. The quantitative estimate of drug-likeness (QED) is 0.666. The highest BCUT2D eigenvalue weighted by Gasteiger charge is 2.30. The first-order valence-electron chi connectivity index (χ1n) is 6.59. The molecule has 1 amide bonds. The second-order valence-corrected chi connectivity index (χ2v) is 4.97. The van der Waals surface area contributed by atoms with Crippen molar-refractivity contribution in [2.75, 3.05) is 20.2 Å². The molecule has 1 aliphatic rings. The summed E-state index contributed by atoms with van der Waals surface area (Å²) in [6.45, 7) is 2.42. The monoisotopic (exact) mass is 278 g/mol. The van der Waals surface area contributed by atoms with Crippen molar-refractivity contribution in [3.05, 3.63) is 23.5 Å². The Morgan fingerprint density at radius 1 is 1.40 bits per heavy atom. The van der Waals surface area contributed by atoms with E-state index in [1.165, 1.54) is 20.2 Å². The molecular weight excluding hydrogens is 260 g/mol. The number of hydrogen-bond acceptors (Lipinski definition) is 4.